The van der Waals surface area contributed by atoms with Gasteiger partial charge in [-0.15, -0.1) is 0 Å². The van der Waals surface area contributed by atoms with E-state index in [1.165, 1.54) is 0 Å². The van der Waals surface area contributed by atoms with Gasteiger partial charge in [0, 0.05) is 61.0 Å². The van der Waals surface area contributed by atoms with Gasteiger partial charge in [0.05, 0.1) is 13.2 Å². The summed E-state index contributed by atoms with van der Waals surface area (Å²) in [5.41, 5.74) is 4.27. The van der Waals surface area contributed by atoms with E-state index in [-0.39, 0.29) is 5.82 Å². The number of hydrogen-bond acceptors (Lipinski definition) is 5. The zero-order valence-corrected chi connectivity index (χ0v) is 19.4. The summed E-state index contributed by atoms with van der Waals surface area (Å²) in [6.07, 6.45) is 2.76. The van der Waals surface area contributed by atoms with Gasteiger partial charge in [0.25, 0.3) is 0 Å². The van der Waals surface area contributed by atoms with Crippen LogP contribution in [0.4, 0.5) is 4.39 Å². The minimum absolute atomic E-state index is 0.191. The number of ether oxygens (including phenoxy) is 2. The second-order valence-corrected chi connectivity index (χ2v) is 8.72. The second kappa shape index (κ2) is 10.3. The summed E-state index contributed by atoms with van der Waals surface area (Å²) in [6, 6.07) is 15.5. The Hall–Kier alpha value is -3.29. The number of rotatable bonds is 8. The predicted molar refractivity (Wildman–Crippen MR) is 130 cm³/mol. The third-order valence-electron chi connectivity index (χ3n) is 6.13. The van der Waals surface area contributed by atoms with Crippen molar-refractivity contribution in [1.82, 2.24) is 19.9 Å². The highest BCUT2D eigenvalue weighted by atomic mass is 19.1. The van der Waals surface area contributed by atoms with Crippen LogP contribution in [0.3, 0.4) is 0 Å². The van der Waals surface area contributed by atoms with Crippen molar-refractivity contribution in [2.75, 3.05) is 39.5 Å². The lowest BCUT2D eigenvalue weighted by Gasteiger charge is -2.26. The maximum absolute atomic E-state index is 15.0. The molecule has 34 heavy (non-hydrogen) atoms. The summed E-state index contributed by atoms with van der Waals surface area (Å²) in [6.45, 7) is 6.97. The number of fused-ring (bicyclic) bond motifs is 1. The standard InChI is InChI=1S/C27H29FN4O2/c1-19-15-24-25(30-19)6-5-21(27(24)28)18-22-7-8-29-26(31-22)17-20-3-2-4-23(16-20)34-14-11-32-9-12-33-13-10-32/h2-8,15-16,30H,9-14,17-18H2,1H3. The number of nitrogens with zero attached hydrogens (tertiary/aromatic N) is 3. The second-order valence-electron chi connectivity index (χ2n) is 8.72. The van der Waals surface area contributed by atoms with E-state index in [0.717, 1.165) is 61.1 Å². The largest absolute Gasteiger partial charge is 0.492 e. The monoisotopic (exact) mass is 460 g/mol. The Kier molecular flexibility index (Phi) is 6.83. The molecule has 6 nitrogen and oxygen atoms in total. The molecule has 1 fully saturated rings. The number of benzene rings is 2. The molecular weight excluding hydrogens is 431 g/mol. The summed E-state index contributed by atoms with van der Waals surface area (Å²) in [5.74, 6) is 1.37. The fourth-order valence-corrected chi connectivity index (χ4v) is 4.35. The molecule has 4 aromatic rings. The predicted octanol–water partition coefficient (Wildman–Crippen LogP) is 4.30. The highest BCUT2D eigenvalue weighted by molar-refractivity contribution is 5.82. The first-order valence-electron chi connectivity index (χ1n) is 11.7. The number of aromatic nitrogens is 3. The number of hydrogen-bond donors (Lipinski definition) is 1. The van der Waals surface area contributed by atoms with Crippen LogP contribution in [0.15, 0.2) is 54.7 Å². The normalized spacial score (nSPS) is 14.5. The van der Waals surface area contributed by atoms with Gasteiger partial charge >= 0.3 is 0 Å². The third-order valence-corrected chi connectivity index (χ3v) is 6.13. The summed E-state index contributed by atoms with van der Waals surface area (Å²) in [4.78, 5) is 14.7. The molecule has 0 bridgehead atoms. The van der Waals surface area contributed by atoms with Gasteiger partial charge in [0.1, 0.15) is 24.0 Å². The lowest BCUT2D eigenvalue weighted by Crippen LogP contribution is -2.38. The fourth-order valence-electron chi connectivity index (χ4n) is 4.35. The molecule has 2 aromatic heterocycles. The molecular formula is C27H29FN4O2. The Bertz CT molecular complexity index is 1270. The van der Waals surface area contributed by atoms with Crippen LogP contribution < -0.4 is 4.74 Å². The van der Waals surface area contributed by atoms with Gasteiger partial charge in [0.15, 0.2) is 0 Å². The van der Waals surface area contributed by atoms with Gasteiger partial charge in [-0.25, -0.2) is 14.4 Å². The van der Waals surface area contributed by atoms with E-state index in [0.29, 0.717) is 36.2 Å². The van der Waals surface area contributed by atoms with Crippen LogP contribution in [0.2, 0.25) is 0 Å². The zero-order valence-electron chi connectivity index (χ0n) is 19.4. The quantitative estimate of drug-likeness (QED) is 0.425. The smallest absolute Gasteiger partial charge is 0.136 e. The maximum Gasteiger partial charge on any atom is 0.136 e. The molecule has 7 heteroatoms. The van der Waals surface area contributed by atoms with E-state index in [1.54, 1.807) is 6.20 Å². The summed E-state index contributed by atoms with van der Waals surface area (Å²) in [7, 11) is 0. The number of halogens is 1. The molecule has 0 saturated carbocycles. The van der Waals surface area contributed by atoms with Crippen molar-refractivity contribution >= 4 is 10.9 Å². The summed E-state index contributed by atoms with van der Waals surface area (Å²) >= 11 is 0. The van der Waals surface area contributed by atoms with Gasteiger partial charge in [0.2, 0.25) is 0 Å². The van der Waals surface area contributed by atoms with Crippen molar-refractivity contribution in [2.45, 2.75) is 19.8 Å². The van der Waals surface area contributed by atoms with Gasteiger partial charge in [-0.05, 0) is 48.4 Å². The van der Waals surface area contributed by atoms with E-state index < -0.39 is 0 Å². The first-order chi connectivity index (χ1) is 16.6. The molecule has 0 amide bonds. The van der Waals surface area contributed by atoms with Gasteiger partial charge in [-0.3, -0.25) is 4.90 Å². The van der Waals surface area contributed by atoms with Crippen molar-refractivity contribution in [3.8, 4) is 5.75 Å². The van der Waals surface area contributed by atoms with Crippen molar-refractivity contribution in [3.05, 3.63) is 88.9 Å². The van der Waals surface area contributed by atoms with Crippen molar-refractivity contribution in [3.63, 3.8) is 0 Å². The minimum Gasteiger partial charge on any atom is -0.492 e. The molecule has 2 aromatic carbocycles. The lowest BCUT2D eigenvalue weighted by molar-refractivity contribution is 0.0322. The highest BCUT2D eigenvalue weighted by Gasteiger charge is 2.12. The van der Waals surface area contributed by atoms with Crippen LogP contribution in [-0.4, -0.2) is 59.3 Å². The molecule has 3 heterocycles. The molecule has 1 aliphatic rings. The number of morpholine rings is 1. The molecule has 1 aliphatic heterocycles. The Morgan fingerprint density at radius 2 is 1.97 bits per heavy atom. The highest BCUT2D eigenvalue weighted by Crippen LogP contribution is 2.23. The molecule has 0 radical (unpaired) electrons. The number of nitrogens with one attached hydrogen (secondary N) is 1. The third kappa shape index (κ3) is 5.43. The van der Waals surface area contributed by atoms with Crippen LogP contribution in [0, 0.1) is 12.7 Å². The van der Waals surface area contributed by atoms with Crippen LogP contribution in [0.25, 0.3) is 10.9 Å². The molecule has 1 saturated heterocycles. The van der Waals surface area contributed by atoms with Gasteiger partial charge in [-0.2, -0.15) is 0 Å². The minimum atomic E-state index is -0.191. The van der Waals surface area contributed by atoms with E-state index in [4.69, 9.17) is 14.5 Å². The van der Waals surface area contributed by atoms with E-state index in [9.17, 15) is 4.39 Å². The van der Waals surface area contributed by atoms with E-state index >= 15 is 0 Å². The summed E-state index contributed by atoms with van der Waals surface area (Å²) < 4.78 is 26.4. The van der Waals surface area contributed by atoms with Crippen molar-refractivity contribution in [1.29, 1.82) is 0 Å². The van der Waals surface area contributed by atoms with Crippen LogP contribution in [0.5, 0.6) is 5.75 Å². The van der Waals surface area contributed by atoms with Crippen molar-refractivity contribution in [2.24, 2.45) is 0 Å². The molecule has 0 aliphatic carbocycles. The first kappa shape index (κ1) is 22.5. The topological polar surface area (TPSA) is 63.3 Å². The van der Waals surface area contributed by atoms with E-state index in [2.05, 4.69) is 14.9 Å². The Morgan fingerprint density at radius 3 is 2.85 bits per heavy atom. The van der Waals surface area contributed by atoms with Crippen LogP contribution >= 0.6 is 0 Å². The zero-order chi connectivity index (χ0) is 23.3. The number of H-pyrrole nitrogens is 1. The van der Waals surface area contributed by atoms with Gasteiger partial charge < -0.3 is 14.5 Å². The molecule has 0 atom stereocenters. The Balaban J connectivity index is 1.22. The maximum atomic E-state index is 15.0. The molecule has 5 rings (SSSR count). The lowest BCUT2D eigenvalue weighted by atomic mass is 10.1. The number of aromatic amines is 1. The number of aryl methyl sites for hydroxylation is 1. The molecule has 176 valence electrons. The van der Waals surface area contributed by atoms with Gasteiger partial charge in [-0.1, -0.05) is 18.2 Å². The molecule has 0 spiro atoms. The van der Waals surface area contributed by atoms with Crippen molar-refractivity contribution < 1.29 is 13.9 Å². The Labute approximate surface area is 198 Å². The fraction of sp³-hybridized carbons (Fsp3) is 0.333. The average Bonchev–Trinajstić information content (AvgIpc) is 3.23. The SMILES string of the molecule is Cc1cc2c(F)c(Cc3ccnc(Cc4cccc(OCCN5CCOCC5)c4)n3)ccc2[nH]1. The van der Waals surface area contributed by atoms with E-state index in [1.807, 2.05) is 55.5 Å². The molecule has 1 N–H and O–H groups in total. The van der Waals surface area contributed by atoms with Crippen LogP contribution in [-0.2, 0) is 17.6 Å². The molecule has 0 unspecified atom stereocenters. The Morgan fingerprint density at radius 1 is 1.09 bits per heavy atom. The first-order valence-corrected chi connectivity index (χ1v) is 11.7. The summed E-state index contributed by atoms with van der Waals surface area (Å²) in [5, 5.41) is 0.620. The average molecular weight is 461 g/mol. The van der Waals surface area contributed by atoms with Crippen LogP contribution in [0.1, 0.15) is 28.3 Å².